The highest BCUT2D eigenvalue weighted by atomic mass is 16.6. The quantitative estimate of drug-likeness (QED) is 0.229. The Kier molecular flexibility index (Phi) is 9.01. The van der Waals surface area contributed by atoms with E-state index in [1.807, 2.05) is 33.8 Å². The van der Waals surface area contributed by atoms with Crippen molar-refractivity contribution in [3.63, 3.8) is 0 Å². The van der Waals surface area contributed by atoms with Gasteiger partial charge in [-0.05, 0) is 43.7 Å². The molecule has 13 nitrogen and oxygen atoms in total. The molecule has 1 aliphatic heterocycles. The van der Waals surface area contributed by atoms with Crippen molar-refractivity contribution in [3.05, 3.63) is 24.2 Å². The second-order valence-corrected chi connectivity index (χ2v) is 16.3. The maximum atomic E-state index is 14.0. The van der Waals surface area contributed by atoms with Crippen molar-refractivity contribution in [2.24, 2.45) is 39.4 Å². The first-order chi connectivity index (χ1) is 23.8. The van der Waals surface area contributed by atoms with Crippen LogP contribution in [-0.4, -0.2) is 84.3 Å². The molecule has 4 saturated carbocycles. The van der Waals surface area contributed by atoms with Gasteiger partial charge in [0.05, 0.1) is 43.2 Å². The van der Waals surface area contributed by atoms with E-state index in [9.17, 15) is 29.1 Å². The fourth-order valence-electron chi connectivity index (χ4n) is 11.9. The average Bonchev–Trinajstić information content (AvgIpc) is 3.41. The number of carbonyl (C=O) groups excluding carboxylic acids is 5. The van der Waals surface area contributed by atoms with Gasteiger partial charge in [0.1, 0.15) is 30.0 Å². The molecule has 13 heteroatoms. The normalized spacial score (nSPS) is 45.4. The van der Waals surface area contributed by atoms with E-state index < -0.39 is 111 Å². The van der Waals surface area contributed by atoms with Gasteiger partial charge in [0.15, 0.2) is 0 Å². The molecule has 1 aromatic heterocycles. The fraction of sp³-hybridized carbons (Fsp3) is 0.763. The number of epoxide rings is 1. The first kappa shape index (κ1) is 37.3. The summed E-state index contributed by atoms with van der Waals surface area (Å²) in [7, 11) is 1.24. The molecule has 4 aliphatic carbocycles. The van der Waals surface area contributed by atoms with Gasteiger partial charge in [-0.1, -0.05) is 34.6 Å². The summed E-state index contributed by atoms with van der Waals surface area (Å²) in [4.78, 5) is 67.1. The third kappa shape index (κ3) is 4.81. The molecule has 0 radical (unpaired) electrons. The Morgan fingerprint density at radius 1 is 0.902 bits per heavy atom. The predicted octanol–water partition coefficient (Wildman–Crippen LogP) is 4.27. The number of furan rings is 1. The molecule has 6 rings (SSSR count). The van der Waals surface area contributed by atoms with Gasteiger partial charge in [-0.3, -0.25) is 24.0 Å². The highest BCUT2D eigenvalue weighted by Gasteiger charge is 2.93. The van der Waals surface area contributed by atoms with Gasteiger partial charge in [-0.25, -0.2) is 0 Å². The van der Waals surface area contributed by atoms with Crippen molar-refractivity contribution in [2.45, 2.75) is 136 Å². The van der Waals surface area contributed by atoms with Gasteiger partial charge in [-0.15, -0.1) is 0 Å². The predicted molar refractivity (Wildman–Crippen MR) is 176 cm³/mol. The van der Waals surface area contributed by atoms with E-state index in [1.54, 1.807) is 26.4 Å². The van der Waals surface area contributed by atoms with Gasteiger partial charge >= 0.3 is 29.8 Å². The van der Waals surface area contributed by atoms with Crippen LogP contribution >= 0.6 is 0 Å². The zero-order chi connectivity index (χ0) is 37.6. The third-order valence-corrected chi connectivity index (χ3v) is 14.2. The van der Waals surface area contributed by atoms with Crippen LogP contribution in [-0.2, 0) is 52.4 Å². The number of aliphatic hydroxyl groups is 1. The van der Waals surface area contributed by atoms with E-state index in [2.05, 4.69) is 0 Å². The number of hydrogen-bond donors (Lipinski definition) is 1. The van der Waals surface area contributed by atoms with E-state index in [-0.39, 0.29) is 18.8 Å². The molecule has 51 heavy (non-hydrogen) atoms. The largest absolute Gasteiger partial charge is 0.472 e. The second-order valence-electron chi connectivity index (χ2n) is 16.3. The topological polar surface area (TPSA) is 177 Å². The zero-order valence-electron chi connectivity index (χ0n) is 31.2. The third-order valence-electron chi connectivity index (χ3n) is 14.2. The Balaban J connectivity index is 1.70. The standard InChI is InChI=1S/C38H52O13/c1-11-18(2)32(43)50-31-29(49-21(5)41)30-35(7)24(34(6,33(44)45-10)25(42)16-26(35)47-19(3)39)15-27(48-20(4)40)37(30,9)38-28(51-38)14-23(36(31,38)8)22-12-13-46-17-22/h12-13,17-18,23-31,42H,11,14-16H2,1-10H3/t18-,23+,24+,25-,26+,27-,28-,29-,30-,31+,34+,35-,36-,37-,38-/m1/s1. The Hall–Kier alpha value is -3.45. The van der Waals surface area contributed by atoms with Gasteiger partial charge in [0.2, 0.25) is 0 Å². The van der Waals surface area contributed by atoms with Gasteiger partial charge in [-0.2, -0.15) is 0 Å². The maximum Gasteiger partial charge on any atom is 0.314 e. The van der Waals surface area contributed by atoms with E-state index in [0.29, 0.717) is 12.8 Å². The van der Waals surface area contributed by atoms with Crippen molar-refractivity contribution < 1.29 is 61.9 Å². The molecule has 282 valence electrons. The Morgan fingerprint density at radius 2 is 1.53 bits per heavy atom. The summed E-state index contributed by atoms with van der Waals surface area (Å²) >= 11 is 0. The molecule has 1 N–H and O–H groups in total. The van der Waals surface area contributed by atoms with Crippen LogP contribution in [0.5, 0.6) is 0 Å². The highest BCUT2D eigenvalue weighted by molar-refractivity contribution is 5.78. The van der Waals surface area contributed by atoms with Crippen LogP contribution in [0.3, 0.4) is 0 Å². The molecule has 0 unspecified atom stereocenters. The minimum Gasteiger partial charge on any atom is -0.472 e. The number of methoxy groups -OCH3 is 1. The number of esters is 5. The Labute approximate surface area is 298 Å². The number of fused-ring (bicyclic) bond motifs is 3. The molecule has 0 amide bonds. The average molecular weight is 717 g/mol. The van der Waals surface area contributed by atoms with Crippen LogP contribution in [0.25, 0.3) is 0 Å². The monoisotopic (exact) mass is 716 g/mol. The lowest BCUT2D eigenvalue weighted by atomic mass is 9.33. The summed E-state index contributed by atoms with van der Waals surface area (Å²) in [5.41, 5.74) is -5.41. The molecular formula is C38H52O13. The molecule has 5 fully saturated rings. The molecule has 2 heterocycles. The lowest BCUT2D eigenvalue weighted by molar-refractivity contribution is -0.330. The Bertz CT molecular complexity index is 1590. The number of carbonyl (C=O) groups is 5. The molecule has 5 aliphatic rings. The lowest BCUT2D eigenvalue weighted by Gasteiger charge is -2.72. The molecule has 0 bridgehead atoms. The lowest BCUT2D eigenvalue weighted by Crippen LogP contribution is -2.81. The number of aliphatic hydroxyl groups excluding tert-OH is 1. The Morgan fingerprint density at radius 3 is 2.08 bits per heavy atom. The summed E-state index contributed by atoms with van der Waals surface area (Å²) < 4.78 is 43.1. The molecule has 1 spiro atoms. The molecular weight excluding hydrogens is 664 g/mol. The minimum absolute atomic E-state index is 0.0535. The van der Waals surface area contributed by atoms with Crippen LogP contribution in [0, 0.1) is 39.4 Å². The first-order valence-corrected chi connectivity index (χ1v) is 18.0. The summed E-state index contributed by atoms with van der Waals surface area (Å²) in [6, 6.07) is 1.86. The van der Waals surface area contributed by atoms with Crippen molar-refractivity contribution in [3.8, 4) is 0 Å². The fourth-order valence-corrected chi connectivity index (χ4v) is 11.9. The summed E-state index contributed by atoms with van der Waals surface area (Å²) in [5.74, 6) is -5.60. The molecule has 15 atom stereocenters. The minimum atomic E-state index is -1.58. The maximum absolute atomic E-state index is 14.0. The van der Waals surface area contributed by atoms with E-state index in [1.165, 1.54) is 27.9 Å². The number of ether oxygens (including phenoxy) is 6. The summed E-state index contributed by atoms with van der Waals surface area (Å²) in [6.45, 7) is 14.9. The molecule has 1 aromatic rings. The second kappa shape index (κ2) is 12.3. The molecule has 1 saturated heterocycles. The summed E-state index contributed by atoms with van der Waals surface area (Å²) in [6.07, 6.45) is -1.88. The van der Waals surface area contributed by atoms with Crippen molar-refractivity contribution in [1.29, 1.82) is 0 Å². The highest BCUT2D eigenvalue weighted by Crippen LogP contribution is 2.83. The van der Waals surface area contributed by atoms with Gasteiger partial charge < -0.3 is 37.9 Å². The van der Waals surface area contributed by atoms with Crippen molar-refractivity contribution in [1.82, 2.24) is 0 Å². The van der Waals surface area contributed by atoms with E-state index in [4.69, 9.17) is 32.8 Å². The number of rotatable bonds is 8. The number of hydrogen-bond acceptors (Lipinski definition) is 13. The summed E-state index contributed by atoms with van der Waals surface area (Å²) in [5, 5.41) is 11.8. The van der Waals surface area contributed by atoms with Gasteiger partial charge in [0, 0.05) is 55.3 Å². The SMILES string of the molecule is CC[C@@H](C)C(=O)O[C@H]1[C@H](OC(C)=O)[C@@H]2[C@@]3(C)[C@@H](OC(C)=O)C[C@@H](O)[C@@](C)(C(=O)OC)[C@@H]3C[C@@H](OC(C)=O)[C@@]2(C)[C@@]23O[C@@H]2C[C@@H](c2ccoc2)[C@]13C. The van der Waals surface area contributed by atoms with E-state index in [0.717, 1.165) is 5.56 Å². The van der Waals surface area contributed by atoms with Crippen molar-refractivity contribution in [2.75, 3.05) is 7.11 Å². The van der Waals surface area contributed by atoms with Crippen LogP contribution in [0.1, 0.15) is 99.5 Å². The first-order valence-electron chi connectivity index (χ1n) is 18.0. The van der Waals surface area contributed by atoms with Gasteiger partial charge in [0.25, 0.3) is 0 Å². The van der Waals surface area contributed by atoms with Crippen LogP contribution < -0.4 is 0 Å². The van der Waals surface area contributed by atoms with Crippen LogP contribution in [0.2, 0.25) is 0 Å². The van der Waals surface area contributed by atoms with Crippen LogP contribution in [0.4, 0.5) is 0 Å². The van der Waals surface area contributed by atoms with Crippen LogP contribution in [0.15, 0.2) is 23.0 Å². The zero-order valence-corrected chi connectivity index (χ0v) is 31.2. The smallest absolute Gasteiger partial charge is 0.314 e. The molecule has 0 aromatic carbocycles. The van der Waals surface area contributed by atoms with Crippen molar-refractivity contribution >= 4 is 29.8 Å². The van der Waals surface area contributed by atoms with E-state index >= 15 is 0 Å².